The fourth-order valence-corrected chi connectivity index (χ4v) is 3.06. The molecule has 3 unspecified atom stereocenters. The van der Waals surface area contributed by atoms with E-state index in [0.717, 1.165) is 5.92 Å². The highest BCUT2D eigenvalue weighted by Gasteiger charge is 2.22. The molecule has 3 atom stereocenters. The van der Waals surface area contributed by atoms with Crippen LogP contribution in [0.5, 0.6) is 0 Å². The van der Waals surface area contributed by atoms with Gasteiger partial charge in [0.25, 0.3) is 0 Å². The van der Waals surface area contributed by atoms with Crippen LogP contribution in [-0.4, -0.2) is 15.8 Å². The van der Waals surface area contributed by atoms with E-state index >= 15 is 0 Å². The van der Waals surface area contributed by atoms with Crippen LogP contribution in [0.3, 0.4) is 0 Å². The number of rotatable bonds is 4. The zero-order valence-corrected chi connectivity index (χ0v) is 11.3. The first-order valence-electron chi connectivity index (χ1n) is 6.94. The summed E-state index contributed by atoms with van der Waals surface area (Å²) < 4.78 is 1.97. The third-order valence-electron chi connectivity index (χ3n) is 4.15. The van der Waals surface area contributed by atoms with E-state index in [1.807, 2.05) is 17.9 Å². The zero-order valence-electron chi connectivity index (χ0n) is 11.3. The Morgan fingerprint density at radius 1 is 1.53 bits per heavy atom. The molecule has 0 spiro atoms. The lowest BCUT2D eigenvalue weighted by Crippen LogP contribution is -2.36. The highest BCUT2D eigenvalue weighted by atomic mass is 15.3. The Kier molecular flexibility index (Phi) is 4.21. The summed E-state index contributed by atoms with van der Waals surface area (Å²) in [5, 5.41) is 8.00. The lowest BCUT2D eigenvalue weighted by atomic mass is 9.84. The highest BCUT2D eigenvalue weighted by molar-refractivity contribution is 5.05. The molecule has 1 aromatic heterocycles. The molecule has 0 amide bonds. The fraction of sp³-hybridized carbons (Fsp3) is 0.786. The maximum atomic E-state index is 4.24. The summed E-state index contributed by atoms with van der Waals surface area (Å²) in [5.41, 5.74) is 1.28. The molecule has 2 rings (SSSR count). The van der Waals surface area contributed by atoms with Crippen molar-refractivity contribution in [2.24, 2.45) is 13.0 Å². The number of nitrogens with zero attached hydrogens (tertiary/aromatic N) is 2. The molecule has 0 aliphatic heterocycles. The summed E-state index contributed by atoms with van der Waals surface area (Å²) in [5.74, 6) is 0.931. The van der Waals surface area contributed by atoms with Crippen molar-refractivity contribution in [1.29, 1.82) is 0 Å². The van der Waals surface area contributed by atoms with Gasteiger partial charge in [-0.2, -0.15) is 5.10 Å². The third kappa shape index (κ3) is 3.09. The maximum absolute atomic E-state index is 4.24. The van der Waals surface area contributed by atoms with Gasteiger partial charge < -0.3 is 5.32 Å². The molecule has 0 aromatic carbocycles. The van der Waals surface area contributed by atoms with Gasteiger partial charge in [0, 0.05) is 25.3 Å². The van der Waals surface area contributed by atoms with Gasteiger partial charge in [-0.1, -0.05) is 26.2 Å². The van der Waals surface area contributed by atoms with Gasteiger partial charge in [0.05, 0.1) is 5.69 Å². The van der Waals surface area contributed by atoms with E-state index in [9.17, 15) is 0 Å². The van der Waals surface area contributed by atoms with Crippen LogP contribution in [0.15, 0.2) is 12.3 Å². The second-order valence-corrected chi connectivity index (χ2v) is 5.41. The Balaban J connectivity index is 1.90. The molecular weight excluding hydrogens is 210 g/mol. The van der Waals surface area contributed by atoms with Crippen molar-refractivity contribution < 1.29 is 0 Å². The lowest BCUT2D eigenvalue weighted by Gasteiger charge is -2.31. The van der Waals surface area contributed by atoms with Crippen LogP contribution >= 0.6 is 0 Å². The molecule has 0 saturated heterocycles. The molecule has 1 fully saturated rings. The van der Waals surface area contributed by atoms with Gasteiger partial charge in [0.1, 0.15) is 0 Å². The number of hydrogen-bond donors (Lipinski definition) is 1. The summed E-state index contributed by atoms with van der Waals surface area (Å²) >= 11 is 0. The van der Waals surface area contributed by atoms with Crippen LogP contribution in [0.1, 0.15) is 57.7 Å². The Morgan fingerprint density at radius 2 is 2.35 bits per heavy atom. The van der Waals surface area contributed by atoms with Crippen molar-refractivity contribution in [3.63, 3.8) is 0 Å². The molecule has 3 nitrogen and oxygen atoms in total. The molecule has 96 valence electrons. The summed E-state index contributed by atoms with van der Waals surface area (Å²) in [6.07, 6.45) is 8.70. The van der Waals surface area contributed by atoms with Gasteiger partial charge in [-0.05, 0) is 31.7 Å². The van der Waals surface area contributed by atoms with Crippen LogP contribution in [-0.2, 0) is 7.05 Å². The molecule has 3 heteroatoms. The van der Waals surface area contributed by atoms with Crippen LogP contribution in [0.4, 0.5) is 0 Å². The molecule has 1 saturated carbocycles. The topological polar surface area (TPSA) is 29.9 Å². The average molecular weight is 235 g/mol. The monoisotopic (exact) mass is 235 g/mol. The van der Waals surface area contributed by atoms with Gasteiger partial charge in [-0.15, -0.1) is 0 Å². The minimum Gasteiger partial charge on any atom is -0.306 e. The molecular formula is C14H25N3. The van der Waals surface area contributed by atoms with Crippen LogP contribution in [0.25, 0.3) is 0 Å². The predicted molar refractivity (Wildman–Crippen MR) is 70.8 cm³/mol. The summed E-state index contributed by atoms with van der Waals surface area (Å²) in [4.78, 5) is 0. The van der Waals surface area contributed by atoms with Crippen molar-refractivity contribution in [3.05, 3.63) is 18.0 Å². The summed E-state index contributed by atoms with van der Waals surface area (Å²) in [6.45, 7) is 4.56. The third-order valence-corrected chi connectivity index (χ3v) is 4.15. The van der Waals surface area contributed by atoms with E-state index < -0.39 is 0 Å². The Morgan fingerprint density at radius 3 is 3.00 bits per heavy atom. The largest absolute Gasteiger partial charge is 0.306 e. The SMILES string of the molecule is CCC1CCCC(NC(C)c2ccnn2C)C1. The number of aryl methyl sites for hydroxylation is 1. The van der Waals surface area contributed by atoms with Crippen molar-refractivity contribution in [2.45, 2.75) is 58.0 Å². The van der Waals surface area contributed by atoms with Crippen molar-refractivity contribution in [1.82, 2.24) is 15.1 Å². The van der Waals surface area contributed by atoms with E-state index in [0.29, 0.717) is 12.1 Å². The van der Waals surface area contributed by atoms with Gasteiger partial charge in [0.2, 0.25) is 0 Å². The van der Waals surface area contributed by atoms with Crippen molar-refractivity contribution in [3.8, 4) is 0 Å². The normalized spacial score (nSPS) is 27.0. The second-order valence-electron chi connectivity index (χ2n) is 5.41. The quantitative estimate of drug-likeness (QED) is 0.869. The molecule has 17 heavy (non-hydrogen) atoms. The minimum absolute atomic E-state index is 0.406. The van der Waals surface area contributed by atoms with E-state index in [1.54, 1.807) is 0 Å². The first-order chi connectivity index (χ1) is 8.20. The van der Waals surface area contributed by atoms with Gasteiger partial charge in [0.15, 0.2) is 0 Å². The predicted octanol–water partition coefficient (Wildman–Crippen LogP) is 3.04. The lowest BCUT2D eigenvalue weighted by molar-refractivity contribution is 0.263. The van der Waals surface area contributed by atoms with Crippen molar-refractivity contribution in [2.75, 3.05) is 0 Å². The Labute approximate surface area is 105 Å². The molecule has 1 aliphatic carbocycles. The van der Waals surface area contributed by atoms with E-state index in [4.69, 9.17) is 0 Å². The first kappa shape index (κ1) is 12.6. The van der Waals surface area contributed by atoms with Gasteiger partial charge in [-0.3, -0.25) is 4.68 Å². The molecule has 1 aliphatic rings. The number of aromatic nitrogens is 2. The van der Waals surface area contributed by atoms with Crippen LogP contribution in [0.2, 0.25) is 0 Å². The molecule has 0 bridgehead atoms. The van der Waals surface area contributed by atoms with Gasteiger partial charge in [-0.25, -0.2) is 0 Å². The number of hydrogen-bond acceptors (Lipinski definition) is 2. The second kappa shape index (κ2) is 5.67. The zero-order chi connectivity index (χ0) is 12.3. The average Bonchev–Trinajstić information content (AvgIpc) is 2.76. The fourth-order valence-electron chi connectivity index (χ4n) is 3.06. The van der Waals surface area contributed by atoms with Crippen LogP contribution in [0, 0.1) is 5.92 Å². The Hall–Kier alpha value is -0.830. The maximum Gasteiger partial charge on any atom is 0.0547 e. The van der Waals surface area contributed by atoms with Crippen molar-refractivity contribution >= 4 is 0 Å². The molecule has 1 aromatic rings. The van der Waals surface area contributed by atoms with Crippen LogP contribution < -0.4 is 5.32 Å². The van der Waals surface area contributed by atoms with Gasteiger partial charge >= 0.3 is 0 Å². The molecule has 1 heterocycles. The number of nitrogens with one attached hydrogen (secondary N) is 1. The van der Waals surface area contributed by atoms with E-state index in [1.165, 1.54) is 37.8 Å². The smallest absolute Gasteiger partial charge is 0.0547 e. The van der Waals surface area contributed by atoms with E-state index in [-0.39, 0.29) is 0 Å². The highest BCUT2D eigenvalue weighted by Crippen LogP contribution is 2.28. The summed E-state index contributed by atoms with van der Waals surface area (Å²) in [7, 11) is 2.02. The summed E-state index contributed by atoms with van der Waals surface area (Å²) in [6, 6.07) is 3.21. The Bertz CT molecular complexity index is 345. The molecule has 1 N–H and O–H groups in total. The molecule has 0 radical (unpaired) electrons. The standard InChI is InChI=1S/C14H25N3/c1-4-12-6-5-7-13(10-12)16-11(2)14-8-9-15-17(14)3/h8-9,11-13,16H,4-7,10H2,1-3H3. The van der Waals surface area contributed by atoms with E-state index in [2.05, 4.69) is 30.3 Å². The first-order valence-corrected chi connectivity index (χ1v) is 6.94. The minimum atomic E-state index is 0.406.